The van der Waals surface area contributed by atoms with E-state index in [1.807, 2.05) is 0 Å². The van der Waals surface area contributed by atoms with E-state index in [2.05, 4.69) is 24.5 Å². The van der Waals surface area contributed by atoms with Gasteiger partial charge in [0.1, 0.15) is 0 Å². The summed E-state index contributed by atoms with van der Waals surface area (Å²) in [6.07, 6.45) is 9.62. The maximum absolute atomic E-state index is 12.0. The predicted octanol–water partition coefficient (Wildman–Crippen LogP) is 2.71. The van der Waals surface area contributed by atoms with Crippen molar-refractivity contribution < 1.29 is 4.79 Å². The summed E-state index contributed by atoms with van der Waals surface area (Å²) in [7, 11) is 0. The zero-order valence-electron chi connectivity index (χ0n) is 13.1. The van der Waals surface area contributed by atoms with Gasteiger partial charge in [-0.2, -0.15) is 0 Å². The highest BCUT2D eigenvalue weighted by Gasteiger charge is 2.50. The largest absolute Gasteiger partial charge is 0.354 e. The molecule has 0 aromatic rings. The molecular weight excluding hydrogens is 248 g/mol. The van der Waals surface area contributed by atoms with Crippen LogP contribution in [-0.4, -0.2) is 25.0 Å². The van der Waals surface area contributed by atoms with Crippen LogP contribution in [-0.2, 0) is 4.79 Å². The summed E-state index contributed by atoms with van der Waals surface area (Å²) >= 11 is 0. The van der Waals surface area contributed by atoms with E-state index in [9.17, 15) is 4.79 Å². The van der Waals surface area contributed by atoms with Crippen LogP contribution in [0.15, 0.2) is 0 Å². The molecule has 1 atom stereocenters. The highest BCUT2D eigenvalue weighted by Crippen LogP contribution is 2.59. The zero-order chi connectivity index (χ0) is 14.2. The van der Waals surface area contributed by atoms with Gasteiger partial charge in [0.2, 0.25) is 5.91 Å². The number of carbonyl (C=O) groups is 1. The summed E-state index contributed by atoms with van der Waals surface area (Å²) < 4.78 is 0. The third-order valence-corrected chi connectivity index (χ3v) is 6.05. The van der Waals surface area contributed by atoms with E-state index < -0.39 is 0 Å². The molecule has 3 heteroatoms. The van der Waals surface area contributed by atoms with Gasteiger partial charge in [0.25, 0.3) is 0 Å². The average Bonchev–Trinajstić information content (AvgIpc) is 2.41. The fourth-order valence-corrected chi connectivity index (χ4v) is 5.27. The molecule has 4 fully saturated rings. The Morgan fingerprint density at radius 3 is 2.20 bits per heavy atom. The van der Waals surface area contributed by atoms with Crippen molar-refractivity contribution in [3.63, 3.8) is 0 Å². The molecule has 4 aliphatic rings. The van der Waals surface area contributed by atoms with Crippen molar-refractivity contribution in [3.05, 3.63) is 0 Å². The van der Waals surface area contributed by atoms with Crippen LogP contribution in [0.4, 0.5) is 0 Å². The van der Waals surface area contributed by atoms with E-state index in [1.165, 1.54) is 38.5 Å². The number of nitrogens with one attached hydrogen (secondary N) is 2. The molecule has 3 nitrogen and oxygen atoms in total. The molecule has 4 aliphatic carbocycles. The van der Waals surface area contributed by atoms with E-state index in [1.54, 1.807) is 0 Å². The van der Waals surface area contributed by atoms with Crippen molar-refractivity contribution in [2.75, 3.05) is 13.1 Å². The van der Waals surface area contributed by atoms with Gasteiger partial charge in [-0.1, -0.05) is 6.92 Å². The average molecular weight is 278 g/mol. The van der Waals surface area contributed by atoms with E-state index in [4.69, 9.17) is 0 Å². The predicted molar refractivity (Wildman–Crippen MR) is 81.4 cm³/mol. The van der Waals surface area contributed by atoms with E-state index in [0.717, 1.165) is 30.7 Å². The van der Waals surface area contributed by atoms with Gasteiger partial charge in [0, 0.05) is 12.6 Å². The molecule has 0 aromatic carbocycles. The maximum Gasteiger partial charge on any atom is 0.233 e. The van der Waals surface area contributed by atoms with E-state index in [0.29, 0.717) is 18.0 Å². The first-order chi connectivity index (χ1) is 9.58. The highest BCUT2D eigenvalue weighted by atomic mass is 16.1. The SMILES string of the molecule is CCC(C)NCC(=O)NCC12CC3CC(CC(C3)C1)C2. The first-order valence-electron chi connectivity index (χ1n) is 8.58. The van der Waals surface area contributed by atoms with Crippen LogP contribution in [0.3, 0.4) is 0 Å². The second-order valence-electron chi connectivity index (χ2n) is 7.88. The molecule has 20 heavy (non-hydrogen) atoms. The molecule has 1 unspecified atom stereocenters. The van der Waals surface area contributed by atoms with Crippen LogP contribution in [0, 0.1) is 23.2 Å². The summed E-state index contributed by atoms with van der Waals surface area (Å²) in [6.45, 7) is 5.68. The first kappa shape index (κ1) is 14.4. The fourth-order valence-electron chi connectivity index (χ4n) is 5.27. The molecule has 0 radical (unpaired) electrons. The van der Waals surface area contributed by atoms with Crippen molar-refractivity contribution in [1.29, 1.82) is 0 Å². The summed E-state index contributed by atoms with van der Waals surface area (Å²) in [5.41, 5.74) is 0.459. The molecule has 4 saturated carbocycles. The van der Waals surface area contributed by atoms with Gasteiger partial charge in [0.15, 0.2) is 0 Å². The van der Waals surface area contributed by atoms with Gasteiger partial charge in [-0.05, 0) is 75.0 Å². The molecule has 1 amide bonds. The third kappa shape index (κ3) is 3.03. The van der Waals surface area contributed by atoms with Crippen LogP contribution >= 0.6 is 0 Å². The molecule has 0 heterocycles. The highest BCUT2D eigenvalue weighted by molar-refractivity contribution is 5.78. The molecule has 0 saturated heterocycles. The lowest BCUT2D eigenvalue weighted by Crippen LogP contribution is -2.52. The standard InChI is InChI=1S/C17H30N2O/c1-3-12(2)18-10-16(20)19-11-17-7-13-4-14(8-17)6-15(5-13)9-17/h12-15,18H,3-11H2,1-2H3,(H,19,20). The molecule has 0 aliphatic heterocycles. The van der Waals surface area contributed by atoms with Crippen molar-refractivity contribution in [1.82, 2.24) is 10.6 Å². The van der Waals surface area contributed by atoms with E-state index in [-0.39, 0.29) is 5.91 Å². The normalized spacial score (nSPS) is 39.8. The summed E-state index contributed by atoms with van der Waals surface area (Å²) in [4.78, 5) is 12.0. The van der Waals surface area contributed by atoms with Crippen LogP contribution in [0.25, 0.3) is 0 Å². The monoisotopic (exact) mass is 278 g/mol. The fraction of sp³-hybridized carbons (Fsp3) is 0.941. The minimum atomic E-state index is 0.182. The first-order valence-corrected chi connectivity index (χ1v) is 8.58. The van der Waals surface area contributed by atoms with Crippen molar-refractivity contribution >= 4 is 5.91 Å². The van der Waals surface area contributed by atoms with Gasteiger partial charge in [-0.3, -0.25) is 4.79 Å². The van der Waals surface area contributed by atoms with Crippen molar-refractivity contribution in [2.45, 2.75) is 64.8 Å². The van der Waals surface area contributed by atoms with Crippen LogP contribution in [0.1, 0.15) is 58.8 Å². The minimum absolute atomic E-state index is 0.182. The van der Waals surface area contributed by atoms with Gasteiger partial charge in [0.05, 0.1) is 6.54 Å². The van der Waals surface area contributed by atoms with Gasteiger partial charge in [-0.25, -0.2) is 0 Å². The van der Waals surface area contributed by atoms with Gasteiger partial charge < -0.3 is 10.6 Å². The summed E-state index contributed by atoms with van der Waals surface area (Å²) in [5, 5.41) is 6.50. The lowest BCUT2D eigenvalue weighted by molar-refractivity contribution is -0.122. The Morgan fingerprint density at radius 1 is 1.15 bits per heavy atom. The van der Waals surface area contributed by atoms with E-state index >= 15 is 0 Å². The Hall–Kier alpha value is -0.570. The second kappa shape index (κ2) is 5.67. The number of hydrogen-bond acceptors (Lipinski definition) is 2. The maximum atomic E-state index is 12.0. The second-order valence-corrected chi connectivity index (χ2v) is 7.88. The molecule has 0 aromatic heterocycles. The molecule has 0 spiro atoms. The topological polar surface area (TPSA) is 41.1 Å². The Bertz CT molecular complexity index is 331. The number of amides is 1. The molecule has 2 N–H and O–H groups in total. The van der Waals surface area contributed by atoms with Crippen LogP contribution < -0.4 is 10.6 Å². The van der Waals surface area contributed by atoms with Gasteiger partial charge >= 0.3 is 0 Å². The third-order valence-electron chi connectivity index (χ3n) is 6.05. The van der Waals surface area contributed by atoms with Gasteiger partial charge in [-0.15, -0.1) is 0 Å². The molecule has 114 valence electrons. The van der Waals surface area contributed by atoms with Crippen LogP contribution in [0.2, 0.25) is 0 Å². The Labute approximate surface area is 123 Å². The number of carbonyl (C=O) groups excluding carboxylic acids is 1. The quantitative estimate of drug-likeness (QED) is 0.784. The summed E-state index contributed by atoms with van der Waals surface area (Å²) in [5.74, 6) is 3.09. The molecule has 4 rings (SSSR count). The Balaban J connectivity index is 1.47. The Morgan fingerprint density at radius 2 is 1.70 bits per heavy atom. The lowest BCUT2D eigenvalue weighted by Gasteiger charge is -2.56. The molecular formula is C17H30N2O. The number of rotatable bonds is 6. The van der Waals surface area contributed by atoms with Crippen LogP contribution in [0.5, 0.6) is 0 Å². The smallest absolute Gasteiger partial charge is 0.233 e. The number of hydrogen-bond donors (Lipinski definition) is 2. The zero-order valence-corrected chi connectivity index (χ0v) is 13.1. The van der Waals surface area contributed by atoms with Crippen molar-refractivity contribution in [2.24, 2.45) is 23.2 Å². The van der Waals surface area contributed by atoms with Crippen molar-refractivity contribution in [3.8, 4) is 0 Å². The minimum Gasteiger partial charge on any atom is -0.354 e. The lowest BCUT2D eigenvalue weighted by atomic mass is 9.49. The Kier molecular flexibility index (Phi) is 4.07. The molecule has 4 bridgehead atoms. The summed E-state index contributed by atoms with van der Waals surface area (Å²) in [6, 6.07) is 0.431.